The normalized spacial score (nSPS) is 9.20. The van der Waals surface area contributed by atoms with E-state index in [0.717, 1.165) is 0 Å². The fraction of sp³-hybridized carbons (Fsp3) is 0.0667. The highest BCUT2D eigenvalue weighted by atomic mass is 127. The van der Waals surface area contributed by atoms with Gasteiger partial charge >= 0.3 is 27.2 Å². The Morgan fingerprint density at radius 2 is 1.30 bits per heavy atom. The second-order valence-electron chi connectivity index (χ2n) is 3.63. The molecule has 0 heterocycles. The van der Waals surface area contributed by atoms with Crippen LogP contribution in [0.3, 0.4) is 0 Å². The van der Waals surface area contributed by atoms with Crippen LogP contribution < -0.4 is 26.3 Å². The highest BCUT2D eigenvalue weighted by molar-refractivity contribution is 5.87. The van der Waals surface area contributed by atoms with Gasteiger partial charge in [-0.25, -0.2) is 0 Å². The van der Waals surface area contributed by atoms with Crippen molar-refractivity contribution in [2.24, 2.45) is 0 Å². The zero-order chi connectivity index (χ0) is 14.8. The largest absolute Gasteiger partial charge is 0.550 e. The summed E-state index contributed by atoms with van der Waals surface area (Å²) in [5, 5.41) is 17.0. The topological polar surface area (TPSA) is 77.4 Å². The number of benzene rings is 2. The van der Waals surface area contributed by atoms with E-state index >= 15 is 0 Å². The van der Waals surface area contributed by atoms with Crippen LogP contribution in [0.4, 0.5) is 0 Å². The van der Waals surface area contributed by atoms with Gasteiger partial charge in [0.2, 0.25) is 0 Å². The van der Waals surface area contributed by atoms with Crippen LogP contribution in [0.2, 0.25) is 0 Å². The van der Waals surface area contributed by atoms with Crippen LogP contribution in [0.15, 0.2) is 60.7 Å². The van der Waals surface area contributed by atoms with Gasteiger partial charge in [0.25, 0.3) is 0 Å². The number of halogens is 1. The van der Waals surface area contributed by atoms with Gasteiger partial charge in [-0.15, -0.1) is 0 Å². The van der Waals surface area contributed by atoms with Gasteiger partial charge in [-0.05, 0) is 24.3 Å². The summed E-state index contributed by atoms with van der Waals surface area (Å²) in [5.41, 5.74) is 0. The lowest BCUT2D eigenvalue weighted by Gasteiger charge is -1.91. The first-order valence-electron chi connectivity index (χ1n) is 5.74. The first-order chi connectivity index (χ1) is 9.58. The van der Waals surface area contributed by atoms with Crippen molar-refractivity contribution < 1.29 is 41.0 Å². The molecule has 0 radical (unpaired) electrons. The zero-order valence-corrected chi connectivity index (χ0v) is 12.7. The molecule has 20 heavy (non-hydrogen) atoms. The highest BCUT2D eigenvalue weighted by Gasteiger charge is 2.12. The molecule has 0 aliphatic rings. The molecule has 0 saturated carbocycles. The highest BCUT2D eigenvalue weighted by Crippen LogP contribution is 1.85. The molecule has 0 saturated heterocycles. The van der Waals surface area contributed by atoms with E-state index in [1.54, 1.807) is 0 Å². The van der Waals surface area contributed by atoms with E-state index in [1.165, 1.54) is 7.14 Å². The third-order valence-electron chi connectivity index (χ3n) is 1.98. The molecule has 0 unspecified atom stereocenters. The molecule has 0 fully saturated rings. The molecule has 0 atom stereocenters. The zero-order valence-electron chi connectivity index (χ0n) is 10.5. The summed E-state index contributed by atoms with van der Waals surface area (Å²) in [6.45, 7) is 0. The Balaban J connectivity index is 0.000000246. The number of aliphatic carboxylic acids is 2. The van der Waals surface area contributed by atoms with Gasteiger partial charge in [-0.1, -0.05) is 36.4 Å². The molecule has 1 N–H and O–H groups in total. The van der Waals surface area contributed by atoms with Crippen molar-refractivity contribution >= 4 is 11.9 Å². The van der Waals surface area contributed by atoms with Crippen molar-refractivity contribution in [3.63, 3.8) is 0 Å². The number of hydrogen-bond acceptors (Lipinski definition) is 3. The van der Waals surface area contributed by atoms with Crippen molar-refractivity contribution in [1.29, 1.82) is 0 Å². The minimum absolute atomic E-state index is 0.0287. The second kappa shape index (κ2) is 9.08. The van der Waals surface area contributed by atoms with Crippen LogP contribution in [-0.4, -0.2) is 17.0 Å². The van der Waals surface area contributed by atoms with Crippen molar-refractivity contribution in [3.05, 3.63) is 67.8 Å². The van der Waals surface area contributed by atoms with E-state index in [-0.39, 0.29) is 21.2 Å². The molecule has 104 valence electrons. The van der Waals surface area contributed by atoms with Crippen molar-refractivity contribution in [3.8, 4) is 0 Å². The SMILES string of the molecule is O=C([O-])CC(=O)O.c1ccc([I+]c2ccccc2)cc1. The van der Waals surface area contributed by atoms with Crippen LogP contribution in [0.5, 0.6) is 0 Å². The summed E-state index contributed by atoms with van der Waals surface area (Å²) < 4.78 is 2.96. The smallest absolute Gasteiger partial charge is 0.357 e. The molecular weight excluding hydrogens is 371 g/mol. The van der Waals surface area contributed by atoms with Crippen LogP contribution in [0.1, 0.15) is 6.42 Å². The fourth-order valence-corrected chi connectivity index (χ4v) is 3.47. The van der Waals surface area contributed by atoms with Crippen LogP contribution in [-0.2, 0) is 9.59 Å². The summed E-state index contributed by atoms with van der Waals surface area (Å²) in [7, 11) is 0. The van der Waals surface area contributed by atoms with Gasteiger partial charge in [-0.3, -0.25) is 4.79 Å². The van der Waals surface area contributed by atoms with E-state index in [2.05, 4.69) is 60.7 Å². The number of carbonyl (C=O) groups is 2. The maximum atomic E-state index is 9.39. The standard InChI is InChI=1S/C12H10I.C3H4O4/c1-3-7-11(8-4-1)13-12-9-5-2-6-10-12;4-2(5)1-3(6)7/h1-10H;1H2,(H,4,5)(H,6,7)/q+1;/p-1. The minimum atomic E-state index is -1.56. The first kappa shape index (κ1) is 16.2. The molecule has 0 bridgehead atoms. The Kier molecular flexibility index (Phi) is 7.34. The molecule has 5 heteroatoms. The van der Waals surface area contributed by atoms with E-state index in [4.69, 9.17) is 5.11 Å². The molecule has 2 rings (SSSR count). The van der Waals surface area contributed by atoms with Crippen molar-refractivity contribution in [2.75, 3.05) is 0 Å². The average Bonchev–Trinajstić information content (AvgIpc) is 2.40. The lowest BCUT2D eigenvalue weighted by molar-refractivity contribution is -0.597. The molecule has 0 aromatic heterocycles. The second-order valence-corrected chi connectivity index (χ2v) is 6.66. The third kappa shape index (κ3) is 7.52. The van der Waals surface area contributed by atoms with Gasteiger partial charge in [0.05, 0.1) is 12.4 Å². The van der Waals surface area contributed by atoms with Crippen molar-refractivity contribution in [2.45, 2.75) is 6.42 Å². The van der Waals surface area contributed by atoms with Crippen LogP contribution in [0, 0.1) is 7.14 Å². The Morgan fingerprint density at radius 3 is 1.55 bits per heavy atom. The Hall–Kier alpha value is -1.89. The summed E-state index contributed by atoms with van der Waals surface area (Å²) >= 11 is 0.0287. The van der Waals surface area contributed by atoms with Gasteiger partial charge < -0.3 is 15.0 Å². The van der Waals surface area contributed by atoms with Gasteiger partial charge in [-0.2, -0.15) is 0 Å². The Morgan fingerprint density at radius 1 is 0.900 bits per heavy atom. The maximum Gasteiger partial charge on any atom is 0.357 e. The lowest BCUT2D eigenvalue weighted by atomic mass is 10.4. The Labute approximate surface area is 127 Å². The first-order valence-corrected chi connectivity index (χ1v) is 7.90. The van der Waals surface area contributed by atoms with Gasteiger partial charge in [0.15, 0.2) is 7.14 Å². The van der Waals surface area contributed by atoms with E-state index < -0.39 is 18.4 Å². The number of carbonyl (C=O) groups excluding carboxylic acids is 1. The number of hydrogen-bond donors (Lipinski definition) is 1. The number of carboxylic acid groups (broad SMARTS) is 2. The van der Waals surface area contributed by atoms with Crippen LogP contribution >= 0.6 is 0 Å². The monoisotopic (exact) mass is 384 g/mol. The van der Waals surface area contributed by atoms with Gasteiger partial charge in [0, 0.05) is 0 Å². The molecule has 2 aromatic rings. The molecule has 0 amide bonds. The van der Waals surface area contributed by atoms with Crippen LogP contribution in [0.25, 0.3) is 0 Å². The third-order valence-corrected chi connectivity index (χ3v) is 4.66. The molecule has 0 spiro atoms. The van der Waals surface area contributed by atoms with E-state index in [1.807, 2.05) is 0 Å². The number of carboxylic acids is 2. The summed E-state index contributed by atoms with van der Waals surface area (Å²) in [4.78, 5) is 18.7. The molecular formula is C15H13IO4. The minimum Gasteiger partial charge on any atom is -0.550 e. The van der Waals surface area contributed by atoms with Gasteiger partial charge in [0.1, 0.15) is 0 Å². The summed E-state index contributed by atoms with van der Waals surface area (Å²) in [5.74, 6) is -2.94. The quantitative estimate of drug-likeness (QED) is 0.490. The van der Waals surface area contributed by atoms with E-state index in [0.29, 0.717) is 0 Å². The van der Waals surface area contributed by atoms with Crippen molar-refractivity contribution in [1.82, 2.24) is 0 Å². The Bertz CT molecular complexity index is 491. The fourth-order valence-electron chi connectivity index (χ4n) is 1.20. The summed E-state index contributed by atoms with van der Waals surface area (Å²) in [6, 6.07) is 21.4. The van der Waals surface area contributed by atoms with E-state index in [9.17, 15) is 14.7 Å². The summed E-state index contributed by atoms with van der Waals surface area (Å²) in [6.07, 6.45) is -0.917. The molecule has 0 aliphatic heterocycles. The molecule has 2 aromatic carbocycles. The molecule has 0 aliphatic carbocycles. The predicted molar refractivity (Wildman–Crippen MR) is 67.5 cm³/mol. The molecule has 4 nitrogen and oxygen atoms in total. The average molecular weight is 384 g/mol. The number of rotatable bonds is 4. The predicted octanol–water partition coefficient (Wildman–Crippen LogP) is -1.97. The lowest BCUT2D eigenvalue weighted by Crippen LogP contribution is -3.61. The maximum absolute atomic E-state index is 9.39.